The van der Waals surface area contributed by atoms with Crippen LogP contribution in [0.2, 0.25) is 0 Å². The van der Waals surface area contributed by atoms with Crippen molar-refractivity contribution in [3.8, 4) is 11.5 Å². The van der Waals surface area contributed by atoms with Gasteiger partial charge in [-0.15, -0.1) is 0 Å². The van der Waals surface area contributed by atoms with Crippen LogP contribution in [-0.2, 0) is 4.79 Å². The zero-order chi connectivity index (χ0) is 18.8. The third-order valence-corrected chi connectivity index (χ3v) is 5.72. The number of benzene rings is 2. The summed E-state index contributed by atoms with van der Waals surface area (Å²) in [7, 11) is 0. The van der Waals surface area contributed by atoms with E-state index < -0.39 is 0 Å². The van der Waals surface area contributed by atoms with E-state index in [1.807, 2.05) is 31.2 Å². The molecule has 1 N–H and O–H groups in total. The number of fused-ring (bicyclic) bond motifs is 1. The van der Waals surface area contributed by atoms with Crippen molar-refractivity contribution in [2.24, 2.45) is 0 Å². The van der Waals surface area contributed by atoms with E-state index in [-0.39, 0.29) is 11.9 Å². The standard InChI is InChI=1S/C21H23BrN2O3/c1-14-4-6-17(16(22)11-14)23-21(25)13-24-8-2-3-18(24)15-5-7-19-20(12-15)27-10-9-26-19/h4-7,11-12,18H,2-3,8-10,13H2,1H3,(H,23,25). The summed E-state index contributed by atoms with van der Waals surface area (Å²) >= 11 is 3.52. The van der Waals surface area contributed by atoms with Crippen molar-refractivity contribution in [3.05, 3.63) is 52.0 Å². The van der Waals surface area contributed by atoms with E-state index in [4.69, 9.17) is 9.47 Å². The summed E-state index contributed by atoms with van der Waals surface area (Å²) in [5.74, 6) is 1.61. The van der Waals surface area contributed by atoms with Crippen molar-refractivity contribution in [2.75, 3.05) is 31.6 Å². The molecule has 4 rings (SSSR count). The first kappa shape index (κ1) is 18.3. The number of hydrogen-bond acceptors (Lipinski definition) is 4. The maximum absolute atomic E-state index is 12.6. The Morgan fingerprint density at radius 2 is 2.00 bits per heavy atom. The van der Waals surface area contributed by atoms with Crippen molar-refractivity contribution in [1.29, 1.82) is 0 Å². The van der Waals surface area contributed by atoms with Gasteiger partial charge in [0.25, 0.3) is 0 Å². The lowest BCUT2D eigenvalue weighted by atomic mass is 10.0. The van der Waals surface area contributed by atoms with Crippen LogP contribution < -0.4 is 14.8 Å². The van der Waals surface area contributed by atoms with Crippen LogP contribution in [0.3, 0.4) is 0 Å². The second-order valence-corrected chi connectivity index (χ2v) is 7.92. The SMILES string of the molecule is Cc1ccc(NC(=O)CN2CCCC2c2ccc3c(c2)OCCO3)c(Br)c1. The molecule has 1 fully saturated rings. The predicted molar refractivity (Wildman–Crippen MR) is 108 cm³/mol. The Balaban J connectivity index is 1.44. The van der Waals surface area contributed by atoms with Gasteiger partial charge in [-0.25, -0.2) is 0 Å². The zero-order valence-corrected chi connectivity index (χ0v) is 16.9. The topological polar surface area (TPSA) is 50.8 Å². The number of anilines is 1. The van der Waals surface area contributed by atoms with Gasteiger partial charge >= 0.3 is 0 Å². The lowest BCUT2D eigenvalue weighted by molar-refractivity contribution is -0.117. The molecule has 6 heteroatoms. The van der Waals surface area contributed by atoms with E-state index in [0.717, 1.165) is 46.6 Å². The third kappa shape index (κ3) is 4.12. The van der Waals surface area contributed by atoms with Crippen LogP contribution in [0.25, 0.3) is 0 Å². The number of carbonyl (C=O) groups excluding carboxylic acids is 1. The number of hydrogen-bond donors (Lipinski definition) is 1. The summed E-state index contributed by atoms with van der Waals surface area (Å²) in [4.78, 5) is 14.8. The molecule has 0 saturated carbocycles. The number of rotatable bonds is 4. The van der Waals surface area contributed by atoms with Crippen molar-refractivity contribution < 1.29 is 14.3 Å². The average molecular weight is 431 g/mol. The van der Waals surface area contributed by atoms with Gasteiger partial charge in [-0.2, -0.15) is 0 Å². The second-order valence-electron chi connectivity index (χ2n) is 7.06. The molecule has 0 bridgehead atoms. The minimum absolute atomic E-state index is 0.00370. The van der Waals surface area contributed by atoms with Gasteiger partial charge in [-0.1, -0.05) is 12.1 Å². The Labute approximate surface area is 167 Å². The first-order valence-corrected chi connectivity index (χ1v) is 10.1. The minimum atomic E-state index is 0.00370. The van der Waals surface area contributed by atoms with E-state index >= 15 is 0 Å². The second kappa shape index (κ2) is 7.90. The molecule has 0 radical (unpaired) electrons. The fourth-order valence-electron chi connectivity index (χ4n) is 3.76. The molecule has 1 atom stereocenters. The van der Waals surface area contributed by atoms with E-state index in [9.17, 15) is 4.79 Å². The number of aryl methyl sites for hydroxylation is 1. The highest BCUT2D eigenvalue weighted by atomic mass is 79.9. The van der Waals surface area contributed by atoms with Gasteiger partial charge in [0.2, 0.25) is 5.91 Å². The Morgan fingerprint density at radius 3 is 2.81 bits per heavy atom. The molecule has 2 heterocycles. The number of ether oxygens (including phenoxy) is 2. The highest BCUT2D eigenvalue weighted by Gasteiger charge is 2.28. The fraction of sp³-hybridized carbons (Fsp3) is 0.381. The first-order valence-electron chi connectivity index (χ1n) is 9.30. The lowest BCUT2D eigenvalue weighted by Crippen LogP contribution is -2.33. The number of likely N-dealkylation sites (tertiary alicyclic amines) is 1. The van der Waals surface area contributed by atoms with Crippen molar-refractivity contribution >= 4 is 27.5 Å². The number of nitrogens with one attached hydrogen (secondary N) is 1. The van der Waals surface area contributed by atoms with Gasteiger partial charge in [-0.3, -0.25) is 9.69 Å². The van der Waals surface area contributed by atoms with Crippen molar-refractivity contribution in [1.82, 2.24) is 4.90 Å². The smallest absolute Gasteiger partial charge is 0.238 e. The van der Waals surface area contributed by atoms with Crippen LogP contribution in [0.1, 0.15) is 30.0 Å². The molecule has 0 spiro atoms. The van der Waals surface area contributed by atoms with Gasteiger partial charge < -0.3 is 14.8 Å². The summed E-state index contributed by atoms with van der Waals surface area (Å²) in [5, 5.41) is 3.01. The molecule has 0 aromatic heterocycles. The highest BCUT2D eigenvalue weighted by Crippen LogP contribution is 2.38. The van der Waals surface area contributed by atoms with E-state index in [0.29, 0.717) is 19.8 Å². The van der Waals surface area contributed by atoms with Crippen molar-refractivity contribution in [2.45, 2.75) is 25.8 Å². The monoisotopic (exact) mass is 430 g/mol. The summed E-state index contributed by atoms with van der Waals surface area (Å²) in [6, 6.07) is 12.3. The molecule has 2 aliphatic rings. The molecule has 1 saturated heterocycles. The van der Waals surface area contributed by atoms with Crippen molar-refractivity contribution in [3.63, 3.8) is 0 Å². The summed E-state index contributed by atoms with van der Waals surface area (Å²) in [5.41, 5.74) is 3.14. The Hall–Kier alpha value is -2.05. The number of carbonyl (C=O) groups is 1. The molecule has 27 heavy (non-hydrogen) atoms. The van der Waals surface area contributed by atoms with Gasteiger partial charge in [0, 0.05) is 10.5 Å². The maximum Gasteiger partial charge on any atom is 0.238 e. The van der Waals surface area contributed by atoms with Crippen LogP contribution in [0, 0.1) is 6.92 Å². The number of halogens is 1. The zero-order valence-electron chi connectivity index (χ0n) is 15.3. The van der Waals surface area contributed by atoms with Crippen LogP contribution in [0.4, 0.5) is 5.69 Å². The number of nitrogens with zero attached hydrogens (tertiary/aromatic N) is 1. The largest absolute Gasteiger partial charge is 0.486 e. The van der Waals surface area contributed by atoms with E-state index in [1.165, 1.54) is 5.56 Å². The molecule has 1 amide bonds. The fourth-order valence-corrected chi connectivity index (χ4v) is 4.35. The van der Waals surface area contributed by atoms with E-state index in [2.05, 4.69) is 38.3 Å². The van der Waals surface area contributed by atoms with Crippen LogP contribution >= 0.6 is 15.9 Å². The molecule has 2 aromatic rings. The Morgan fingerprint density at radius 1 is 1.19 bits per heavy atom. The molecule has 2 aliphatic heterocycles. The van der Waals surface area contributed by atoms with E-state index in [1.54, 1.807) is 0 Å². The minimum Gasteiger partial charge on any atom is -0.486 e. The lowest BCUT2D eigenvalue weighted by Gasteiger charge is -2.26. The first-order chi connectivity index (χ1) is 13.1. The quantitative estimate of drug-likeness (QED) is 0.784. The Kier molecular flexibility index (Phi) is 5.36. The molecule has 2 aromatic carbocycles. The van der Waals surface area contributed by atoms with Crippen LogP contribution in [0.5, 0.6) is 11.5 Å². The van der Waals surface area contributed by atoms with Crippen LogP contribution in [-0.4, -0.2) is 37.1 Å². The molecule has 0 aliphatic carbocycles. The van der Waals surface area contributed by atoms with Gasteiger partial charge in [0.05, 0.1) is 12.2 Å². The maximum atomic E-state index is 12.6. The van der Waals surface area contributed by atoms with Gasteiger partial charge in [0.15, 0.2) is 11.5 Å². The normalized spacial score (nSPS) is 19.1. The summed E-state index contributed by atoms with van der Waals surface area (Å²) in [6.45, 7) is 4.49. The molecule has 1 unspecified atom stereocenters. The molecular weight excluding hydrogens is 408 g/mol. The molecular formula is C21H23BrN2O3. The molecule has 5 nitrogen and oxygen atoms in total. The van der Waals surface area contributed by atoms with Crippen LogP contribution in [0.15, 0.2) is 40.9 Å². The van der Waals surface area contributed by atoms with Gasteiger partial charge in [0.1, 0.15) is 13.2 Å². The van der Waals surface area contributed by atoms with Gasteiger partial charge in [-0.05, 0) is 77.6 Å². The predicted octanol–water partition coefficient (Wildman–Crippen LogP) is 4.30. The third-order valence-electron chi connectivity index (χ3n) is 5.06. The average Bonchev–Trinajstić information content (AvgIpc) is 3.11. The number of amides is 1. The summed E-state index contributed by atoms with van der Waals surface area (Å²) < 4.78 is 12.2. The highest BCUT2D eigenvalue weighted by molar-refractivity contribution is 9.10. The Bertz CT molecular complexity index is 855. The summed E-state index contributed by atoms with van der Waals surface area (Å²) in [6.07, 6.45) is 2.13. The molecule has 142 valence electrons.